The number of benzene rings is 1. The Bertz CT molecular complexity index is 493. The number of aryl methyl sites for hydroxylation is 1. The third-order valence-corrected chi connectivity index (χ3v) is 4.06. The average molecular weight is 305 g/mol. The number of amides is 1. The molecule has 1 fully saturated rings. The first-order chi connectivity index (χ1) is 10.1. The summed E-state index contributed by atoms with van der Waals surface area (Å²) in [6, 6.07) is 8.07. The van der Waals surface area contributed by atoms with Gasteiger partial charge in [0.1, 0.15) is 0 Å². The summed E-state index contributed by atoms with van der Waals surface area (Å²) in [7, 11) is 0. The lowest BCUT2D eigenvalue weighted by molar-refractivity contribution is 0.0915. The number of hydrogen-bond donors (Lipinski definition) is 2. The van der Waals surface area contributed by atoms with Crippen LogP contribution in [0, 0.1) is 0 Å². The minimum Gasteiger partial charge on any atom is -0.392 e. The molecular formula is C16H23N3OS. The van der Waals surface area contributed by atoms with E-state index in [4.69, 9.17) is 18.0 Å². The molecule has 1 aliphatic rings. The third-order valence-electron chi connectivity index (χ3n) is 3.93. The number of carbonyl (C=O) groups excluding carboxylic acids is 1. The Balaban J connectivity index is 1.82. The maximum atomic E-state index is 12.2. The Labute approximate surface area is 131 Å². The molecule has 2 rings (SSSR count). The summed E-state index contributed by atoms with van der Waals surface area (Å²) < 4.78 is 0. The number of nitrogens with zero attached hydrogens (tertiary/aromatic N) is 1. The van der Waals surface area contributed by atoms with Crippen LogP contribution >= 0.6 is 12.2 Å². The highest BCUT2D eigenvalue weighted by Crippen LogP contribution is 2.11. The number of piperidine rings is 1. The fraction of sp³-hybridized carbons (Fsp3) is 0.500. The molecule has 1 aromatic rings. The van der Waals surface area contributed by atoms with Crippen LogP contribution in [0.1, 0.15) is 35.7 Å². The number of thiocarbonyl (C=S) groups is 1. The summed E-state index contributed by atoms with van der Waals surface area (Å²) in [5.74, 6) is 0.0189. The van der Waals surface area contributed by atoms with Gasteiger partial charge in [0.05, 0.1) is 4.99 Å². The summed E-state index contributed by atoms with van der Waals surface area (Å²) in [5.41, 5.74) is 7.54. The van der Waals surface area contributed by atoms with Crippen molar-refractivity contribution >= 4 is 23.1 Å². The standard InChI is InChI=1S/C16H23N3OS/c1-2-12-3-5-13(6-4-12)16(20)18-14-7-9-19(10-8-14)11-15(17)21/h3-6,14H,2,7-11H2,1H3,(H2,17,21)(H,18,20). The van der Waals surface area contributed by atoms with Crippen molar-refractivity contribution in [1.82, 2.24) is 10.2 Å². The van der Waals surface area contributed by atoms with Crippen molar-refractivity contribution in [3.05, 3.63) is 35.4 Å². The minimum absolute atomic E-state index is 0.0189. The van der Waals surface area contributed by atoms with Gasteiger partial charge in [-0.2, -0.15) is 0 Å². The van der Waals surface area contributed by atoms with Gasteiger partial charge in [-0.25, -0.2) is 0 Å². The highest BCUT2D eigenvalue weighted by atomic mass is 32.1. The van der Waals surface area contributed by atoms with Gasteiger partial charge >= 0.3 is 0 Å². The molecule has 0 spiro atoms. The van der Waals surface area contributed by atoms with Crippen molar-refractivity contribution in [3.8, 4) is 0 Å². The van der Waals surface area contributed by atoms with E-state index >= 15 is 0 Å². The van der Waals surface area contributed by atoms with Crippen molar-refractivity contribution in [1.29, 1.82) is 0 Å². The predicted molar refractivity (Wildman–Crippen MR) is 89.5 cm³/mol. The van der Waals surface area contributed by atoms with E-state index in [2.05, 4.69) is 17.1 Å². The van der Waals surface area contributed by atoms with Crippen LogP contribution in [-0.4, -0.2) is 41.5 Å². The second-order valence-corrected chi connectivity index (χ2v) is 6.07. The number of rotatable bonds is 5. The fourth-order valence-corrected chi connectivity index (χ4v) is 2.80. The average Bonchev–Trinajstić information content (AvgIpc) is 2.49. The van der Waals surface area contributed by atoms with Crippen LogP contribution in [0.4, 0.5) is 0 Å². The molecule has 0 saturated carbocycles. The molecule has 0 unspecified atom stereocenters. The molecule has 0 atom stereocenters. The molecule has 1 aromatic carbocycles. The molecule has 21 heavy (non-hydrogen) atoms. The van der Waals surface area contributed by atoms with Crippen LogP contribution in [-0.2, 0) is 6.42 Å². The summed E-state index contributed by atoms with van der Waals surface area (Å²) in [5, 5.41) is 3.12. The lowest BCUT2D eigenvalue weighted by Gasteiger charge is -2.31. The topological polar surface area (TPSA) is 58.4 Å². The van der Waals surface area contributed by atoms with E-state index < -0.39 is 0 Å². The molecule has 114 valence electrons. The van der Waals surface area contributed by atoms with Gasteiger partial charge in [0.25, 0.3) is 5.91 Å². The van der Waals surface area contributed by atoms with E-state index in [0.29, 0.717) is 11.5 Å². The number of nitrogens with one attached hydrogen (secondary N) is 1. The van der Waals surface area contributed by atoms with Gasteiger partial charge in [-0.1, -0.05) is 31.3 Å². The zero-order chi connectivity index (χ0) is 15.2. The Kier molecular flexibility index (Phi) is 5.70. The van der Waals surface area contributed by atoms with E-state index in [1.54, 1.807) is 0 Å². The largest absolute Gasteiger partial charge is 0.392 e. The van der Waals surface area contributed by atoms with Crippen LogP contribution in [0.5, 0.6) is 0 Å². The zero-order valence-electron chi connectivity index (χ0n) is 12.5. The van der Waals surface area contributed by atoms with Crippen LogP contribution < -0.4 is 11.1 Å². The van der Waals surface area contributed by atoms with E-state index in [9.17, 15) is 4.79 Å². The normalized spacial score (nSPS) is 16.6. The summed E-state index contributed by atoms with van der Waals surface area (Å²) in [4.78, 5) is 15.0. The maximum Gasteiger partial charge on any atom is 0.251 e. The molecular weight excluding hydrogens is 282 g/mol. The first-order valence-corrected chi connectivity index (χ1v) is 7.89. The van der Waals surface area contributed by atoms with E-state index in [1.807, 2.05) is 24.3 Å². The highest BCUT2D eigenvalue weighted by molar-refractivity contribution is 7.80. The number of carbonyl (C=O) groups is 1. The number of nitrogens with two attached hydrogens (primary N) is 1. The molecule has 0 bridgehead atoms. The molecule has 5 heteroatoms. The molecule has 0 radical (unpaired) electrons. The van der Waals surface area contributed by atoms with Crippen molar-refractivity contribution in [2.45, 2.75) is 32.2 Å². The van der Waals surface area contributed by atoms with Gasteiger partial charge in [-0.3, -0.25) is 9.69 Å². The molecule has 0 aliphatic carbocycles. The second-order valence-electron chi connectivity index (χ2n) is 5.54. The Hall–Kier alpha value is -1.46. The van der Waals surface area contributed by atoms with Gasteiger partial charge in [0.2, 0.25) is 0 Å². The van der Waals surface area contributed by atoms with Crippen LogP contribution in [0.3, 0.4) is 0 Å². The smallest absolute Gasteiger partial charge is 0.251 e. The molecule has 0 aromatic heterocycles. The zero-order valence-corrected chi connectivity index (χ0v) is 13.3. The SMILES string of the molecule is CCc1ccc(C(=O)NC2CCN(CC(N)=S)CC2)cc1. The Morgan fingerprint density at radius 2 is 1.95 bits per heavy atom. The molecule has 3 N–H and O–H groups in total. The van der Waals surface area contributed by atoms with E-state index in [0.717, 1.165) is 37.9 Å². The molecule has 1 aliphatic heterocycles. The van der Waals surface area contributed by atoms with Crippen molar-refractivity contribution < 1.29 is 4.79 Å². The van der Waals surface area contributed by atoms with E-state index in [1.165, 1.54) is 5.56 Å². The molecule has 1 amide bonds. The van der Waals surface area contributed by atoms with Crippen molar-refractivity contribution in [2.75, 3.05) is 19.6 Å². The van der Waals surface area contributed by atoms with Crippen LogP contribution in [0.25, 0.3) is 0 Å². The van der Waals surface area contributed by atoms with Crippen LogP contribution in [0.2, 0.25) is 0 Å². The quantitative estimate of drug-likeness (QED) is 0.814. The lowest BCUT2D eigenvalue weighted by atomic mass is 10.0. The fourth-order valence-electron chi connectivity index (χ4n) is 2.62. The lowest BCUT2D eigenvalue weighted by Crippen LogP contribution is -2.46. The molecule has 1 heterocycles. The van der Waals surface area contributed by atoms with Gasteiger partial charge in [0, 0.05) is 31.2 Å². The van der Waals surface area contributed by atoms with Gasteiger partial charge in [-0.05, 0) is 37.0 Å². The summed E-state index contributed by atoms with van der Waals surface area (Å²) in [6.45, 7) is 4.64. The maximum absolute atomic E-state index is 12.2. The first-order valence-electron chi connectivity index (χ1n) is 7.49. The van der Waals surface area contributed by atoms with E-state index in [-0.39, 0.29) is 11.9 Å². The van der Waals surface area contributed by atoms with Gasteiger partial charge < -0.3 is 11.1 Å². The third kappa shape index (κ3) is 4.79. The van der Waals surface area contributed by atoms with Crippen molar-refractivity contribution in [2.24, 2.45) is 5.73 Å². The minimum atomic E-state index is 0.0189. The van der Waals surface area contributed by atoms with Gasteiger partial charge in [0.15, 0.2) is 0 Å². The monoisotopic (exact) mass is 305 g/mol. The number of hydrogen-bond acceptors (Lipinski definition) is 3. The molecule has 4 nitrogen and oxygen atoms in total. The highest BCUT2D eigenvalue weighted by Gasteiger charge is 2.21. The Morgan fingerprint density at radius 1 is 1.33 bits per heavy atom. The predicted octanol–water partition coefficient (Wildman–Crippen LogP) is 1.73. The second kappa shape index (κ2) is 7.52. The summed E-state index contributed by atoms with van der Waals surface area (Å²) in [6.07, 6.45) is 2.88. The number of likely N-dealkylation sites (tertiary alicyclic amines) is 1. The molecule has 1 saturated heterocycles. The Morgan fingerprint density at radius 3 is 2.48 bits per heavy atom. The first kappa shape index (κ1) is 15.9. The van der Waals surface area contributed by atoms with Crippen LogP contribution in [0.15, 0.2) is 24.3 Å². The van der Waals surface area contributed by atoms with Gasteiger partial charge in [-0.15, -0.1) is 0 Å². The summed E-state index contributed by atoms with van der Waals surface area (Å²) >= 11 is 4.93. The van der Waals surface area contributed by atoms with Crippen molar-refractivity contribution in [3.63, 3.8) is 0 Å².